The summed E-state index contributed by atoms with van der Waals surface area (Å²) in [6.07, 6.45) is 8.85. The Labute approximate surface area is 173 Å². The van der Waals surface area contributed by atoms with Crippen LogP contribution in [0.5, 0.6) is 0 Å². The van der Waals surface area contributed by atoms with Crippen molar-refractivity contribution in [3.8, 4) is 0 Å². The van der Waals surface area contributed by atoms with Crippen molar-refractivity contribution in [1.29, 1.82) is 0 Å². The van der Waals surface area contributed by atoms with Crippen LogP contribution in [0.15, 0.2) is 50.9 Å². The molecule has 3 atom stereocenters. The molecule has 8 nitrogen and oxygen atoms in total. The molecule has 1 fully saturated rings. The predicted molar refractivity (Wildman–Crippen MR) is 110 cm³/mol. The zero-order valence-corrected chi connectivity index (χ0v) is 16.7. The lowest BCUT2D eigenvalue weighted by molar-refractivity contribution is -0.117. The fourth-order valence-corrected chi connectivity index (χ4v) is 4.20. The fourth-order valence-electron chi connectivity index (χ4n) is 4.02. The van der Waals surface area contributed by atoms with Gasteiger partial charge in [-0.2, -0.15) is 0 Å². The van der Waals surface area contributed by atoms with Crippen LogP contribution >= 0.6 is 11.6 Å². The molecule has 0 aromatic carbocycles. The maximum atomic E-state index is 14.5. The first-order chi connectivity index (χ1) is 14.0. The summed E-state index contributed by atoms with van der Waals surface area (Å²) < 4.78 is 14.5. The molecule has 4 rings (SSSR count). The van der Waals surface area contributed by atoms with Crippen molar-refractivity contribution in [1.82, 2.24) is 26.6 Å². The molecule has 10 heteroatoms. The minimum absolute atomic E-state index is 0.0903. The molecule has 156 valence electrons. The molecule has 0 radical (unpaired) electrons. The van der Waals surface area contributed by atoms with Crippen LogP contribution in [-0.4, -0.2) is 43.5 Å². The van der Waals surface area contributed by atoms with Gasteiger partial charge in [-0.15, -0.1) is 0 Å². The number of halogens is 2. The Morgan fingerprint density at radius 3 is 3.03 bits per heavy atom. The molecular weight excluding hydrogens is 397 g/mol. The molecule has 7 N–H and O–H groups in total. The van der Waals surface area contributed by atoms with Gasteiger partial charge in [0.25, 0.3) is 0 Å². The number of carbonyl (C=O) groups excluding carboxylic acids is 1. The normalized spacial score (nSPS) is 31.2. The number of carbonyl (C=O) groups is 1. The lowest BCUT2D eigenvalue weighted by Crippen LogP contribution is -2.48. The molecule has 1 unspecified atom stereocenters. The molecular formula is C19H25ClFN7O. The highest BCUT2D eigenvalue weighted by Gasteiger charge is 2.29. The van der Waals surface area contributed by atoms with E-state index < -0.39 is 0 Å². The Kier molecular flexibility index (Phi) is 5.77. The van der Waals surface area contributed by atoms with Crippen molar-refractivity contribution in [2.24, 2.45) is 10.7 Å². The molecule has 0 aromatic heterocycles. The van der Waals surface area contributed by atoms with Crippen molar-refractivity contribution in [3.05, 3.63) is 45.9 Å². The van der Waals surface area contributed by atoms with Crippen LogP contribution < -0.4 is 32.3 Å². The van der Waals surface area contributed by atoms with Gasteiger partial charge in [0.15, 0.2) is 5.83 Å². The van der Waals surface area contributed by atoms with E-state index in [1.165, 1.54) is 0 Å². The molecule has 0 spiro atoms. The number of hydrogen-bond acceptors (Lipinski definition) is 7. The SMILES string of the molecule is NC(=O)CN[C@@H]1CCC[C@H](NC2=C(F)CNC(=C3C=NC4NC=C(Cl)C=C34)N2)C1. The Hall–Kier alpha value is -2.52. The molecule has 0 aromatic rings. The van der Waals surface area contributed by atoms with Crippen molar-refractivity contribution in [2.45, 2.75) is 43.9 Å². The van der Waals surface area contributed by atoms with E-state index in [4.69, 9.17) is 17.3 Å². The molecule has 29 heavy (non-hydrogen) atoms. The van der Waals surface area contributed by atoms with Crippen LogP contribution in [0.2, 0.25) is 0 Å². The van der Waals surface area contributed by atoms with Gasteiger partial charge < -0.3 is 32.3 Å². The number of fused-ring (bicyclic) bond motifs is 1. The molecule has 0 saturated heterocycles. The number of dihydropyridines is 1. The number of nitrogens with zero attached hydrogens (tertiary/aromatic N) is 1. The third-order valence-corrected chi connectivity index (χ3v) is 5.65. The summed E-state index contributed by atoms with van der Waals surface area (Å²) in [5.74, 6) is 0.415. The quantitative estimate of drug-likeness (QED) is 0.386. The van der Waals surface area contributed by atoms with Crippen molar-refractivity contribution < 1.29 is 9.18 Å². The molecule has 3 aliphatic heterocycles. The van der Waals surface area contributed by atoms with E-state index in [2.05, 4.69) is 31.6 Å². The van der Waals surface area contributed by atoms with E-state index in [1.807, 2.05) is 6.08 Å². The van der Waals surface area contributed by atoms with E-state index in [9.17, 15) is 9.18 Å². The number of amides is 1. The maximum Gasteiger partial charge on any atom is 0.231 e. The zero-order valence-electron chi connectivity index (χ0n) is 15.9. The minimum Gasteiger partial charge on any atom is -0.369 e. The van der Waals surface area contributed by atoms with Gasteiger partial charge >= 0.3 is 0 Å². The van der Waals surface area contributed by atoms with Crippen molar-refractivity contribution >= 4 is 23.7 Å². The van der Waals surface area contributed by atoms with Crippen LogP contribution in [0.25, 0.3) is 0 Å². The number of aliphatic imine (C=N–C) groups is 1. The average molecular weight is 422 g/mol. The zero-order chi connectivity index (χ0) is 20.4. The van der Waals surface area contributed by atoms with Crippen molar-refractivity contribution in [3.63, 3.8) is 0 Å². The number of rotatable bonds is 5. The van der Waals surface area contributed by atoms with Gasteiger partial charge in [0, 0.05) is 35.6 Å². The molecule has 1 saturated carbocycles. The van der Waals surface area contributed by atoms with Crippen LogP contribution in [0.4, 0.5) is 4.39 Å². The first-order valence-corrected chi connectivity index (χ1v) is 10.2. The second kappa shape index (κ2) is 8.46. The van der Waals surface area contributed by atoms with Gasteiger partial charge in [-0.25, -0.2) is 4.39 Å². The minimum atomic E-state index is -0.372. The fraction of sp³-hybridized carbons (Fsp3) is 0.474. The molecule has 4 aliphatic rings. The van der Waals surface area contributed by atoms with Gasteiger partial charge in [0.05, 0.1) is 18.1 Å². The lowest BCUT2D eigenvalue weighted by atomic mass is 9.91. The van der Waals surface area contributed by atoms with Gasteiger partial charge in [-0.3, -0.25) is 9.79 Å². The Morgan fingerprint density at radius 2 is 2.21 bits per heavy atom. The summed E-state index contributed by atoms with van der Waals surface area (Å²) in [6.45, 7) is 0.251. The summed E-state index contributed by atoms with van der Waals surface area (Å²) in [5.41, 5.74) is 7.00. The van der Waals surface area contributed by atoms with Crippen molar-refractivity contribution in [2.75, 3.05) is 13.1 Å². The molecule has 3 heterocycles. The smallest absolute Gasteiger partial charge is 0.231 e. The highest BCUT2D eigenvalue weighted by atomic mass is 35.5. The van der Waals surface area contributed by atoms with Crippen LogP contribution in [-0.2, 0) is 4.79 Å². The predicted octanol–water partition coefficient (Wildman–Crippen LogP) is 0.525. The van der Waals surface area contributed by atoms with Gasteiger partial charge in [-0.05, 0) is 31.8 Å². The monoisotopic (exact) mass is 421 g/mol. The van der Waals surface area contributed by atoms with E-state index in [0.29, 0.717) is 16.7 Å². The van der Waals surface area contributed by atoms with E-state index >= 15 is 0 Å². The van der Waals surface area contributed by atoms with Crippen LogP contribution in [0, 0.1) is 0 Å². The Morgan fingerprint density at radius 1 is 1.38 bits per heavy atom. The largest absolute Gasteiger partial charge is 0.369 e. The summed E-state index contributed by atoms with van der Waals surface area (Å²) in [4.78, 5) is 15.4. The summed E-state index contributed by atoms with van der Waals surface area (Å²) >= 11 is 6.11. The highest BCUT2D eigenvalue weighted by molar-refractivity contribution is 6.31. The third-order valence-electron chi connectivity index (χ3n) is 5.43. The van der Waals surface area contributed by atoms with Crippen LogP contribution in [0.1, 0.15) is 25.7 Å². The van der Waals surface area contributed by atoms with Gasteiger partial charge in [-0.1, -0.05) is 11.6 Å². The highest BCUT2D eigenvalue weighted by Crippen LogP contribution is 2.29. The average Bonchev–Trinajstić information content (AvgIpc) is 3.11. The third kappa shape index (κ3) is 4.56. The van der Waals surface area contributed by atoms with E-state index in [0.717, 1.165) is 36.8 Å². The molecule has 1 amide bonds. The second-order valence-corrected chi connectivity index (χ2v) is 8.01. The van der Waals surface area contributed by atoms with Crippen LogP contribution in [0.3, 0.4) is 0 Å². The van der Waals surface area contributed by atoms with E-state index in [1.54, 1.807) is 12.4 Å². The maximum absolute atomic E-state index is 14.5. The first-order valence-electron chi connectivity index (χ1n) is 9.78. The number of allylic oxidation sites excluding steroid dienone is 2. The standard InChI is InChI=1S/C19H25ClFN7O/c20-10-4-13-14(7-25-17(13)24-6-10)18-26-8-15(21)19(28-18)27-12-3-1-2-11(5-12)23-9-16(22)29/h4,6-7,11-12,17,23-24,26-28H,1-3,5,8-9H2,(H2,22,29)/t11-,12+,17?/m1/s1. The Balaban J connectivity index is 1.44. The first kappa shape index (κ1) is 19.8. The van der Waals surface area contributed by atoms with E-state index in [-0.39, 0.29) is 43.1 Å². The number of hydrogen-bond donors (Lipinski definition) is 6. The number of primary amides is 1. The Bertz CT molecular complexity index is 847. The number of nitrogens with two attached hydrogens (primary N) is 1. The molecule has 1 aliphatic carbocycles. The summed E-state index contributed by atoms with van der Waals surface area (Å²) in [6, 6.07) is 0.289. The number of nitrogens with one attached hydrogen (secondary N) is 5. The topological polar surface area (TPSA) is 116 Å². The lowest BCUT2D eigenvalue weighted by Gasteiger charge is -2.33. The summed E-state index contributed by atoms with van der Waals surface area (Å²) in [7, 11) is 0. The van der Waals surface area contributed by atoms with Gasteiger partial charge in [0.1, 0.15) is 17.8 Å². The summed E-state index contributed by atoms with van der Waals surface area (Å²) in [5, 5.41) is 16.4. The molecule has 0 bridgehead atoms. The second-order valence-electron chi connectivity index (χ2n) is 7.58. The van der Waals surface area contributed by atoms with Gasteiger partial charge in [0.2, 0.25) is 5.91 Å².